The van der Waals surface area contributed by atoms with Crippen LogP contribution >= 0.6 is 0 Å². The van der Waals surface area contributed by atoms with E-state index in [1.807, 2.05) is 24.3 Å². The lowest BCUT2D eigenvalue weighted by Gasteiger charge is -2.07. The monoisotopic (exact) mass is 224 g/mol. The number of nitrogens with one attached hydrogen (secondary N) is 1. The Morgan fingerprint density at radius 1 is 1.12 bits per heavy atom. The summed E-state index contributed by atoms with van der Waals surface area (Å²) in [5.41, 5.74) is 4.22. The van der Waals surface area contributed by atoms with E-state index in [1.165, 1.54) is 0 Å². The van der Waals surface area contributed by atoms with Crippen molar-refractivity contribution in [2.24, 2.45) is 0 Å². The average molecular weight is 224 g/mol. The van der Waals surface area contributed by atoms with Gasteiger partial charge in [0.15, 0.2) is 0 Å². The predicted molar refractivity (Wildman–Crippen MR) is 68.1 cm³/mol. The van der Waals surface area contributed by atoms with Gasteiger partial charge in [-0.05, 0) is 23.8 Å². The van der Waals surface area contributed by atoms with Crippen molar-refractivity contribution in [1.82, 2.24) is 9.97 Å². The zero-order chi connectivity index (χ0) is 11.7. The standard InChI is InChI=1S/C14H12N2O/c1-17-14-5-3-2-4-11(14)10-6-7-12-13(8-10)16-9-15-12/h2-9H,1H3,(H,15,16). The summed E-state index contributed by atoms with van der Waals surface area (Å²) in [6, 6.07) is 14.1. The second-order valence-electron chi connectivity index (χ2n) is 3.83. The van der Waals surface area contributed by atoms with Crippen molar-refractivity contribution in [3.63, 3.8) is 0 Å². The van der Waals surface area contributed by atoms with Crippen LogP contribution in [0.4, 0.5) is 0 Å². The molecule has 3 rings (SSSR count). The highest BCUT2D eigenvalue weighted by molar-refractivity contribution is 5.83. The number of aromatic nitrogens is 2. The molecule has 0 aliphatic rings. The molecule has 0 spiro atoms. The van der Waals surface area contributed by atoms with E-state index < -0.39 is 0 Å². The highest BCUT2D eigenvalue weighted by Crippen LogP contribution is 2.30. The molecule has 0 unspecified atom stereocenters. The van der Waals surface area contributed by atoms with Crippen LogP contribution < -0.4 is 4.74 Å². The molecule has 0 amide bonds. The number of rotatable bonds is 2. The number of benzene rings is 2. The number of ether oxygens (including phenoxy) is 1. The molecule has 0 aliphatic carbocycles. The summed E-state index contributed by atoms with van der Waals surface area (Å²) in [7, 11) is 1.69. The van der Waals surface area contributed by atoms with Gasteiger partial charge in [0.1, 0.15) is 5.75 Å². The highest BCUT2D eigenvalue weighted by atomic mass is 16.5. The van der Waals surface area contributed by atoms with Crippen LogP contribution in [0.3, 0.4) is 0 Å². The van der Waals surface area contributed by atoms with Gasteiger partial charge in [0.2, 0.25) is 0 Å². The first kappa shape index (κ1) is 9.90. The molecule has 0 bridgehead atoms. The molecule has 1 N–H and O–H groups in total. The summed E-state index contributed by atoms with van der Waals surface area (Å²) in [4.78, 5) is 7.32. The fourth-order valence-corrected chi connectivity index (χ4v) is 1.99. The summed E-state index contributed by atoms with van der Waals surface area (Å²) in [6.07, 6.45) is 1.71. The minimum absolute atomic E-state index is 0.881. The van der Waals surface area contributed by atoms with Gasteiger partial charge in [-0.1, -0.05) is 24.3 Å². The molecule has 0 aliphatic heterocycles. The fraction of sp³-hybridized carbons (Fsp3) is 0.0714. The summed E-state index contributed by atoms with van der Waals surface area (Å²) >= 11 is 0. The maximum atomic E-state index is 5.37. The summed E-state index contributed by atoms with van der Waals surface area (Å²) in [5.74, 6) is 0.881. The zero-order valence-electron chi connectivity index (χ0n) is 9.47. The Labute approximate surface area is 99.1 Å². The number of para-hydroxylation sites is 1. The van der Waals surface area contributed by atoms with E-state index in [0.29, 0.717) is 0 Å². The molecule has 2 aromatic carbocycles. The van der Waals surface area contributed by atoms with E-state index >= 15 is 0 Å². The van der Waals surface area contributed by atoms with Crippen LogP contribution in [-0.2, 0) is 0 Å². The van der Waals surface area contributed by atoms with E-state index in [4.69, 9.17) is 4.74 Å². The smallest absolute Gasteiger partial charge is 0.126 e. The second-order valence-corrected chi connectivity index (χ2v) is 3.83. The van der Waals surface area contributed by atoms with Gasteiger partial charge in [-0.2, -0.15) is 0 Å². The fourth-order valence-electron chi connectivity index (χ4n) is 1.99. The van der Waals surface area contributed by atoms with Crippen molar-refractivity contribution in [2.75, 3.05) is 7.11 Å². The van der Waals surface area contributed by atoms with Crippen LogP contribution in [-0.4, -0.2) is 17.1 Å². The Balaban J connectivity index is 2.19. The number of nitrogens with zero attached hydrogens (tertiary/aromatic N) is 1. The third kappa shape index (κ3) is 1.65. The van der Waals surface area contributed by atoms with Crippen molar-refractivity contribution in [3.8, 4) is 16.9 Å². The van der Waals surface area contributed by atoms with Gasteiger partial charge in [-0.15, -0.1) is 0 Å². The van der Waals surface area contributed by atoms with Crippen molar-refractivity contribution in [2.45, 2.75) is 0 Å². The van der Waals surface area contributed by atoms with E-state index in [2.05, 4.69) is 28.2 Å². The molecular formula is C14H12N2O. The van der Waals surface area contributed by atoms with Crippen LogP contribution in [0.25, 0.3) is 22.2 Å². The largest absolute Gasteiger partial charge is 0.496 e. The average Bonchev–Trinajstić information content (AvgIpc) is 2.85. The predicted octanol–water partition coefficient (Wildman–Crippen LogP) is 3.24. The Kier molecular flexibility index (Phi) is 2.29. The molecule has 3 aromatic rings. The van der Waals surface area contributed by atoms with Crippen molar-refractivity contribution in [1.29, 1.82) is 0 Å². The van der Waals surface area contributed by atoms with E-state index in [-0.39, 0.29) is 0 Å². The molecule has 0 saturated carbocycles. The first-order valence-corrected chi connectivity index (χ1v) is 5.45. The van der Waals surface area contributed by atoms with E-state index in [1.54, 1.807) is 13.4 Å². The lowest BCUT2D eigenvalue weighted by molar-refractivity contribution is 0.416. The maximum Gasteiger partial charge on any atom is 0.126 e. The molecule has 84 valence electrons. The summed E-state index contributed by atoms with van der Waals surface area (Å²) in [6.45, 7) is 0. The van der Waals surface area contributed by atoms with Crippen LogP contribution in [0, 0.1) is 0 Å². The molecule has 0 atom stereocenters. The van der Waals surface area contributed by atoms with Crippen molar-refractivity contribution in [3.05, 3.63) is 48.8 Å². The Hall–Kier alpha value is -2.29. The molecule has 3 nitrogen and oxygen atoms in total. The van der Waals surface area contributed by atoms with E-state index in [0.717, 1.165) is 27.9 Å². The maximum absolute atomic E-state index is 5.37. The van der Waals surface area contributed by atoms with Gasteiger partial charge >= 0.3 is 0 Å². The number of aromatic amines is 1. The molecular weight excluding hydrogens is 212 g/mol. The molecule has 17 heavy (non-hydrogen) atoms. The number of methoxy groups -OCH3 is 1. The minimum atomic E-state index is 0.881. The van der Waals surface area contributed by atoms with Gasteiger partial charge in [0.25, 0.3) is 0 Å². The third-order valence-corrected chi connectivity index (χ3v) is 2.84. The van der Waals surface area contributed by atoms with Gasteiger partial charge in [-0.25, -0.2) is 4.98 Å². The number of H-pyrrole nitrogens is 1. The van der Waals surface area contributed by atoms with Crippen molar-refractivity contribution < 1.29 is 4.74 Å². The van der Waals surface area contributed by atoms with Gasteiger partial charge in [0, 0.05) is 5.56 Å². The normalized spacial score (nSPS) is 10.6. The number of hydrogen-bond acceptors (Lipinski definition) is 2. The first-order chi connectivity index (χ1) is 8.38. The molecule has 0 radical (unpaired) electrons. The van der Waals surface area contributed by atoms with Gasteiger partial charge in [-0.3, -0.25) is 0 Å². The van der Waals surface area contributed by atoms with Gasteiger partial charge in [0.05, 0.1) is 24.5 Å². The van der Waals surface area contributed by atoms with Crippen LogP contribution in [0.15, 0.2) is 48.8 Å². The van der Waals surface area contributed by atoms with Crippen molar-refractivity contribution >= 4 is 11.0 Å². The Morgan fingerprint density at radius 2 is 2.00 bits per heavy atom. The topological polar surface area (TPSA) is 37.9 Å². The summed E-state index contributed by atoms with van der Waals surface area (Å²) in [5, 5.41) is 0. The van der Waals surface area contributed by atoms with E-state index in [9.17, 15) is 0 Å². The highest BCUT2D eigenvalue weighted by Gasteiger charge is 2.05. The Bertz CT molecular complexity index is 658. The first-order valence-electron chi connectivity index (χ1n) is 5.45. The molecule has 1 aromatic heterocycles. The Morgan fingerprint density at radius 3 is 2.88 bits per heavy atom. The molecule has 0 fully saturated rings. The van der Waals surface area contributed by atoms with Crippen LogP contribution in [0.5, 0.6) is 5.75 Å². The molecule has 0 saturated heterocycles. The zero-order valence-corrected chi connectivity index (χ0v) is 9.47. The summed E-state index contributed by atoms with van der Waals surface area (Å²) < 4.78 is 5.37. The number of imidazole rings is 1. The molecule has 3 heteroatoms. The lowest BCUT2D eigenvalue weighted by Crippen LogP contribution is -1.87. The SMILES string of the molecule is COc1ccccc1-c1ccc2nc[nH]c2c1. The third-order valence-electron chi connectivity index (χ3n) is 2.84. The van der Waals surface area contributed by atoms with Crippen LogP contribution in [0.2, 0.25) is 0 Å². The number of hydrogen-bond donors (Lipinski definition) is 1. The van der Waals surface area contributed by atoms with Crippen LogP contribution in [0.1, 0.15) is 0 Å². The lowest BCUT2D eigenvalue weighted by atomic mass is 10.0. The second kappa shape index (κ2) is 3.94. The van der Waals surface area contributed by atoms with Gasteiger partial charge < -0.3 is 9.72 Å². The molecule has 1 heterocycles. The quantitative estimate of drug-likeness (QED) is 0.725. The minimum Gasteiger partial charge on any atom is -0.496 e. The number of fused-ring (bicyclic) bond motifs is 1.